The molecule has 0 fully saturated rings. The number of hydrogen-bond donors (Lipinski definition) is 2. The number of nitrogens with two attached hydrogens (primary N) is 1. The fraction of sp³-hybridized carbons (Fsp3) is 0.350. The number of nitrogens with one attached hydrogen (secondary N) is 1. The van der Waals surface area contributed by atoms with E-state index in [2.05, 4.69) is 5.32 Å². The molecule has 152 valence electrons. The van der Waals surface area contributed by atoms with Gasteiger partial charge in [0.05, 0.1) is 4.90 Å². The molecule has 0 aliphatic heterocycles. The third kappa shape index (κ3) is 5.78. The summed E-state index contributed by atoms with van der Waals surface area (Å²) in [5.74, 6) is -0.153. The van der Waals surface area contributed by atoms with Crippen molar-refractivity contribution in [2.75, 3.05) is 25.0 Å². The first-order chi connectivity index (χ1) is 13.3. The van der Waals surface area contributed by atoms with Gasteiger partial charge in [0.2, 0.25) is 10.0 Å². The second kappa shape index (κ2) is 10.0. The molecule has 2 aromatic carbocycles. The summed E-state index contributed by atoms with van der Waals surface area (Å²) in [6.07, 6.45) is 0. The van der Waals surface area contributed by atoms with Gasteiger partial charge < -0.3 is 10.6 Å². The van der Waals surface area contributed by atoms with Crippen LogP contribution < -0.4 is 10.6 Å². The zero-order valence-electron chi connectivity index (χ0n) is 16.4. The van der Waals surface area contributed by atoms with E-state index in [1.807, 2.05) is 36.5 Å². The van der Waals surface area contributed by atoms with Gasteiger partial charge in [-0.3, -0.25) is 4.79 Å². The maximum absolute atomic E-state index is 12.5. The molecule has 0 aliphatic carbocycles. The molecule has 2 rings (SSSR count). The van der Waals surface area contributed by atoms with E-state index in [0.717, 1.165) is 5.56 Å². The Kier molecular flexibility index (Phi) is 8.00. The lowest BCUT2D eigenvalue weighted by molar-refractivity contribution is -0.682. The topological polar surface area (TPSA) is 83.1 Å². The molecule has 3 N–H and O–H groups in total. The van der Waals surface area contributed by atoms with Crippen molar-refractivity contribution in [2.24, 2.45) is 0 Å². The van der Waals surface area contributed by atoms with E-state index >= 15 is 0 Å². The van der Waals surface area contributed by atoms with Crippen LogP contribution >= 0.6 is 11.6 Å². The molecule has 6 nitrogen and oxygen atoms in total. The fourth-order valence-corrected chi connectivity index (χ4v) is 4.41. The van der Waals surface area contributed by atoms with E-state index in [1.54, 1.807) is 26.0 Å². The Balaban J connectivity index is 1.93. The van der Waals surface area contributed by atoms with Gasteiger partial charge in [0.25, 0.3) is 5.91 Å². The first-order valence-electron chi connectivity index (χ1n) is 9.26. The minimum Gasteiger partial charge on any atom is -0.333 e. The summed E-state index contributed by atoms with van der Waals surface area (Å²) in [7, 11) is -3.50. The molecular weight excluding hydrogens is 398 g/mol. The number of nitrogens with zero attached hydrogens (tertiary/aromatic N) is 1. The Bertz CT molecular complexity index is 880. The number of amides is 1. The maximum atomic E-state index is 12.5. The number of rotatable bonds is 9. The van der Waals surface area contributed by atoms with Gasteiger partial charge in [-0.05, 0) is 43.3 Å². The number of sulfonamides is 1. The average Bonchev–Trinajstić information content (AvgIpc) is 2.68. The van der Waals surface area contributed by atoms with Crippen molar-refractivity contribution in [2.45, 2.75) is 31.7 Å². The minimum atomic E-state index is -3.50. The minimum absolute atomic E-state index is 0.115. The summed E-state index contributed by atoms with van der Waals surface area (Å²) in [4.78, 5) is 12.4. The zero-order chi connectivity index (χ0) is 20.7. The number of carbonyl (C=O) groups excluding carboxylic acids is 1. The van der Waals surface area contributed by atoms with Crippen LogP contribution in [0.1, 0.15) is 32.4 Å². The summed E-state index contributed by atoms with van der Waals surface area (Å²) < 4.78 is 26.4. The van der Waals surface area contributed by atoms with E-state index < -0.39 is 10.0 Å². The van der Waals surface area contributed by atoms with Crippen LogP contribution in [0.4, 0.5) is 5.69 Å². The van der Waals surface area contributed by atoms with Crippen LogP contribution in [0.3, 0.4) is 0 Å². The van der Waals surface area contributed by atoms with Crippen LogP contribution in [0.2, 0.25) is 5.02 Å². The standard InChI is InChI=1S/C20H26ClN3O3S/c1-4-24(5-2)28(26,27)19-12-10-18(11-13-19)23-20(25)14-22-15(3)16-6-8-17(21)9-7-16/h6-13,15,22H,4-5,14H2,1-3H3,(H,23,25)/p+1/t15-/m0/s1. The Morgan fingerprint density at radius 2 is 1.64 bits per heavy atom. The van der Waals surface area contributed by atoms with Gasteiger partial charge in [0.1, 0.15) is 6.04 Å². The molecule has 2 aromatic rings. The lowest BCUT2D eigenvalue weighted by Crippen LogP contribution is -2.86. The zero-order valence-corrected chi connectivity index (χ0v) is 17.9. The largest absolute Gasteiger partial charge is 0.333 e. The number of anilines is 1. The Labute approximate surface area is 171 Å². The molecule has 28 heavy (non-hydrogen) atoms. The van der Waals surface area contributed by atoms with Crippen LogP contribution in [0.15, 0.2) is 53.4 Å². The Morgan fingerprint density at radius 1 is 1.07 bits per heavy atom. The Hall–Kier alpha value is -1.93. The SMILES string of the molecule is CCN(CC)S(=O)(=O)c1ccc(NC(=O)C[NH2+][C@@H](C)c2ccc(Cl)cc2)cc1. The molecule has 0 saturated heterocycles. The van der Waals surface area contributed by atoms with Crippen LogP contribution in [-0.2, 0) is 14.8 Å². The molecule has 0 bridgehead atoms. The van der Waals surface area contributed by atoms with E-state index in [9.17, 15) is 13.2 Å². The predicted octanol–water partition coefficient (Wildman–Crippen LogP) is 2.63. The van der Waals surface area contributed by atoms with Crippen molar-refractivity contribution in [1.29, 1.82) is 0 Å². The normalized spacial score (nSPS) is 12.8. The van der Waals surface area contributed by atoms with Crippen LogP contribution in [0.25, 0.3) is 0 Å². The van der Waals surface area contributed by atoms with Crippen molar-refractivity contribution in [3.8, 4) is 0 Å². The molecule has 0 radical (unpaired) electrons. The first kappa shape index (κ1) is 22.4. The number of halogens is 1. The van der Waals surface area contributed by atoms with Gasteiger partial charge >= 0.3 is 0 Å². The van der Waals surface area contributed by atoms with Crippen LogP contribution in [-0.4, -0.2) is 38.3 Å². The van der Waals surface area contributed by atoms with Gasteiger partial charge in [-0.15, -0.1) is 0 Å². The van der Waals surface area contributed by atoms with Crippen molar-refractivity contribution in [1.82, 2.24) is 4.31 Å². The number of benzene rings is 2. The molecule has 0 unspecified atom stereocenters. The van der Waals surface area contributed by atoms with E-state index in [4.69, 9.17) is 11.6 Å². The molecule has 1 atom stereocenters. The first-order valence-corrected chi connectivity index (χ1v) is 11.1. The highest BCUT2D eigenvalue weighted by Crippen LogP contribution is 2.18. The number of quaternary nitrogens is 1. The lowest BCUT2D eigenvalue weighted by atomic mass is 10.1. The lowest BCUT2D eigenvalue weighted by Gasteiger charge is -2.18. The average molecular weight is 425 g/mol. The Morgan fingerprint density at radius 3 is 2.18 bits per heavy atom. The molecule has 0 aliphatic rings. The predicted molar refractivity (Wildman–Crippen MR) is 112 cm³/mol. The molecule has 0 heterocycles. The molecule has 1 amide bonds. The summed E-state index contributed by atoms with van der Waals surface area (Å²) >= 11 is 5.89. The highest BCUT2D eigenvalue weighted by molar-refractivity contribution is 7.89. The van der Waals surface area contributed by atoms with Gasteiger partial charge in [-0.1, -0.05) is 37.6 Å². The van der Waals surface area contributed by atoms with Gasteiger partial charge in [0.15, 0.2) is 6.54 Å². The number of carbonyl (C=O) groups is 1. The molecular formula is C20H27ClN3O3S+. The van der Waals surface area contributed by atoms with E-state index in [1.165, 1.54) is 16.4 Å². The third-order valence-corrected chi connectivity index (χ3v) is 6.85. The van der Waals surface area contributed by atoms with Gasteiger partial charge in [-0.2, -0.15) is 4.31 Å². The third-order valence-electron chi connectivity index (χ3n) is 4.53. The smallest absolute Gasteiger partial charge is 0.279 e. The quantitative estimate of drug-likeness (QED) is 0.649. The van der Waals surface area contributed by atoms with Gasteiger partial charge in [0, 0.05) is 29.4 Å². The highest BCUT2D eigenvalue weighted by Gasteiger charge is 2.21. The van der Waals surface area contributed by atoms with Crippen molar-refractivity contribution < 1.29 is 18.5 Å². The monoisotopic (exact) mass is 424 g/mol. The highest BCUT2D eigenvalue weighted by atomic mass is 35.5. The summed E-state index contributed by atoms with van der Waals surface area (Å²) in [5, 5.41) is 5.40. The van der Waals surface area contributed by atoms with Gasteiger partial charge in [-0.25, -0.2) is 8.42 Å². The van der Waals surface area contributed by atoms with E-state index in [-0.39, 0.29) is 23.4 Å². The number of hydrogen-bond acceptors (Lipinski definition) is 3. The van der Waals surface area contributed by atoms with Crippen LogP contribution in [0, 0.1) is 0 Å². The molecule has 8 heteroatoms. The molecule has 0 aromatic heterocycles. The summed E-state index contributed by atoms with van der Waals surface area (Å²) in [6.45, 7) is 6.71. The van der Waals surface area contributed by atoms with Crippen LogP contribution in [0.5, 0.6) is 0 Å². The second-order valence-corrected chi connectivity index (χ2v) is 8.82. The van der Waals surface area contributed by atoms with Crippen molar-refractivity contribution in [3.63, 3.8) is 0 Å². The van der Waals surface area contributed by atoms with Crippen molar-refractivity contribution in [3.05, 3.63) is 59.1 Å². The summed E-state index contributed by atoms with van der Waals surface area (Å²) in [6, 6.07) is 13.9. The summed E-state index contributed by atoms with van der Waals surface area (Å²) in [5.41, 5.74) is 1.65. The van der Waals surface area contributed by atoms with Crippen molar-refractivity contribution >= 4 is 33.2 Å². The second-order valence-electron chi connectivity index (χ2n) is 6.44. The molecule has 0 saturated carbocycles. The van der Waals surface area contributed by atoms with E-state index in [0.29, 0.717) is 23.8 Å². The fourth-order valence-electron chi connectivity index (χ4n) is 2.82. The molecule has 0 spiro atoms. The maximum Gasteiger partial charge on any atom is 0.279 e.